The Morgan fingerprint density at radius 2 is 1.80 bits per heavy atom. The van der Waals surface area contributed by atoms with Crippen molar-refractivity contribution < 1.29 is 29.0 Å². The van der Waals surface area contributed by atoms with Crippen LogP contribution in [0.15, 0.2) is 35.7 Å². The largest absolute Gasteiger partial charge is 0.481 e. The number of aromatic nitrogens is 1. The summed E-state index contributed by atoms with van der Waals surface area (Å²) in [5.74, 6) is -1.79. The van der Waals surface area contributed by atoms with Gasteiger partial charge in [-0.1, -0.05) is 57.5 Å². The van der Waals surface area contributed by atoms with E-state index in [2.05, 4.69) is 10.3 Å². The molecule has 10 heteroatoms. The molecular weight excluding hydrogens is 542 g/mol. The Kier molecular flexibility index (Phi) is 11.9. The molecule has 2 aromatic rings. The number of carboxylic acids is 1. The normalized spacial score (nSPS) is 16.2. The van der Waals surface area contributed by atoms with Crippen molar-refractivity contribution in [1.82, 2.24) is 15.2 Å². The molecule has 0 aliphatic heterocycles. The monoisotopic (exact) mass is 585 g/mol. The third-order valence-electron chi connectivity index (χ3n) is 7.86. The first-order valence-corrected chi connectivity index (χ1v) is 15.3. The van der Waals surface area contributed by atoms with E-state index in [0.717, 1.165) is 18.4 Å². The van der Waals surface area contributed by atoms with Gasteiger partial charge < -0.3 is 20.1 Å². The van der Waals surface area contributed by atoms with Crippen LogP contribution in [0.4, 0.5) is 0 Å². The smallest absolute Gasteiger partial charge is 0.306 e. The number of nitrogens with zero attached hydrogens (tertiary/aromatic N) is 2. The molecule has 0 spiro atoms. The minimum atomic E-state index is -0.923. The number of hydrogen-bond donors (Lipinski definition) is 2. The van der Waals surface area contributed by atoms with Crippen LogP contribution in [-0.4, -0.2) is 57.9 Å². The molecule has 0 bridgehead atoms. The van der Waals surface area contributed by atoms with Crippen LogP contribution >= 0.6 is 11.3 Å². The van der Waals surface area contributed by atoms with Gasteiger partial charge in [0.1, 0.15) is 10.7 Å². The summed E-state index contributed by atoms with van der Waals surface area (Å²) < 4.78 is 5.67. The number of carbonyl (C=O) groups is 4. The Morgan fingerprint density at radius 1 is 1.12 bits per heavy atom. The third-order valence-corrected chi connectivity index (χ3v) is 8.80. The maximum Gasteiger partial charge on any atom is 0.306 e. The average molecular weight is 586 g/mol. The lowest BCUT2D eigenvalue weighted by molar-refractivity contribution is -0.148. The van der Waals surface area contributed by atoms with Crippen molar-refractivity contribution >= 4 is 35.1 Å². The molecule has 0 saturated heterocycles. The van der Waals surface area contributed by atoms with E-state index in [-0.39, 0.29) is 30.0 Å². The SMILES string of the molecule is CC(=O)OC(CC(C(C)C)N(C)C(=O)CC1CCC1)c1nc(C(=O)NC(Cc2ccccc2)CC(C)C(=O)O)cs1. The summed E-state index contributed by atoms with van der Waals surface area (Å²) in [6, 6.07) is 8.99. The first-order chi connectivity index (χ1) is 19.4. The van der Waals surface area contributed by atoms with E-state index in [9.17, 15) is 24.3 Å². The Bertz CT molecular complexity index is 1180. The predicted molar refractivity (Wildman–Crippen MR) is 157 cm³/mol. The maximum absolute atomic E-state index is 13.2. The molecule has 1 saturated carbocycles. The standard InChI is InChI=1S/C31H43N3O6S/c1-19(2)26(34(5)28(36)16-23-12-9-13-23)17-27(40-21(4)35)30-33-25(18-41-30)29(37)32-24(14-20(3)31(38)39)15-22-10-7-6-8-11-22/h6-8,10-11,18-20,23-24,26-27H,9,12-17H2,1-5H3,(H,32,37)(H,38,39). The zero-order valence-corrected chi connectivity index (χ0v) is 25.5. The van der Waals surface area contributed by atoms with Gasteiger partial charge in [-0.25, -0.2) is 4.98 Å². The van der Waals surface area contributed by atoms with Crippen LogP contribution in [0.1, 0.15) is 93.4 Å². The number of carboxylic acid groups (broad SMARTS) is 1. The van der Waals surface area contributed by atoms with Gasteiger partial charge in [0.2, 0.25) is 5.91 Å². The molecule has 1 heterocycles. The summed E-state index contributed by atoms with van der Waals surface area (Å²) in [5.41, 5.74) is 1.17. The van der Waals surface area contributed by atoms with Crippen molar-refractivity contribution in [3.63, 3.8) is 0 Å². The van der Waals surface area contributed by atoms with E-state index < -0.39 is 35.9 Å². The molecular formula is C31H43N3O6S. The highest BCUT2D eigenvalue weighted by Gasteiger charge is 2.32. The molecule has 1 aliphatic rings. The summed E-state index contributed by atoms with van der Waals surface area (Å²) >= 11 is 1.23. The van der Waals surface area contributed by atoms with E-state index in [1.54, 1.807) is 17.2 Å². The van der Waals surface area contributed by atoms with Crippen LogP contribution in [0.2, 0.25) is 0 Å². The second kappa shape index (κ2) is 15.1. The van der Waals surface area contributed by atoms with Crippen LogP contribution < -0.4 is 5.32 Å². The van der Waals surface area contributed by atoms with Gasteiger partial charge in [-0.3, -0.25) is 19.2 Å². The highest BCUT2D eigenvalue weighted by atomic mass is 32.1. The molecule has 224 valence electrons. The van der Waals surface area contributed by atoms with Gasteiger partial charge >= 0.3 is 11.9 Å². The number of esters is 1. The first kappa shape index (κ1) is 32.2. The van der Waals surface area contributed by atoms with Crippen LogP contribution in [0.5, 0.6) is 0 Å². The van der Waals surface area contributed by atoms with Gasteiger partial charge in [0.25, 0.3) is 5.91 Å². The van der Waals surface area contributed by atoms with Crippen LogP contribution in [0.3, 0.4) is 0 Å². The number of nitrogens with one attached hydrogen (secondary N) is 1. The topological polar surface area (TPSA) is 126 Å². The summed E-state index contributed by atoms with van der Waals surface area (Å²) in [4.78, 5) is 56.1. The van der Waals surface area contributed by atoms with E-state index in [1.165, 1.54) is 24.7 Å². The second-order valence-electron chi connectivity index (χ2n) is 11.6. The Morgan fingerprint density at radius 3 is 2.37 bits per heavy atom. The van der Waals surface area contributed by atoms with Gasteiger partial charge in [0, 0.05) is 44.3 Å². The summed E-state index contributed by atoms with van der Waals surface area (Å²) in [7, 11) is 1.81. The fourth-order valence-corrected chi connectivity index (χ4v) is 6.03. The molecule has 41 heavy (non-hydrogen) atoms. The van der Waals surface area contributed by atoms with Gasteiger partial charge in [0.05, 0.1) is 5.92 Å². The number of ether oxygens (including phenoxy) is 1. The first-order valence-electron chi connectivity index (χ1n) is 14.4. The lowest BCUT2D eigenvalue weighted by Crippen LogP contribution is -2.42. The molecule has 9 nitrogen and oxygen atoms in total. The van der Waals surface area contributed by atoms with E-state index in [4.69, 9.17) is 4.74 Å². The molecule has 4 unspecified atom stereocenters. The third kappa shape index (κ3) is 9.66. The molecule has 0 radical (unpaired) electrons. The molecule has 1 aromatic carbocycles. The predicted octanol–water partition coefficient (Wildman–Crippen LogP) is 5.26. The van der Waals surface area contributed by atoms with Crippen molar-refractivity contribution in [1.29, 1.82) is 0 Å². The van der Waals surface area contributed by atoms with Crippen LogP contribution in [0, 0.1) is 17.8 Å². The molecule has 2 amide bonds. The minimum absolute atomic E-state index is 0.0919. The number of aliphatic carboxylic acids is 1. The van der Waals surface area contributed by atoms with E-state index >= 15 is 0 Å². The lowest BCUT2D eigenvalue weighted by atomic mass is 9.82. The highest BCUT2D eigenvalue weighted by Crippen LogP contribution is 2.33. The zero-order valence-electron chi connectivity index (χ0n) is 24.7. The molecule has 3 rings (SSSR count). The lowest BCUT2D eigenvalue weighted by Gasteiger charge is -2.35. The maximum atomic E-state index is 13.2. The summed E-state index contributed by atoms with van der Waals surface area (Å²) in [6.07, 6.45) is 4.29. The fraction of sp³-hybridized carbons (Fsp3) is 0.581. The second-order valence-corrected chi connectivity index (χ2v) is 12.4. The van der Waals surface area contributed by atoms with Crippen LogP contribution in [0.25, 0.3) is 0 Å². The van der Waals surface area contributed by atoms with E-state index in [1.807, 2.05) is 51.2 Å². The molecule has 1 fully saturated rings. The highest BCUT2D eigenvalue weighted by molar-refractivity contribution is 7.09. The number of carbonyl (C=O) groups excluding carboxylic acids is 3. The number of hydrogen-bond acceptors (Lipinski definition) is 7. The molecule has 2 N–H and O–H groups in total. The van der Waals surface area contributed by atoms with Gasteiger partial charge in [0.15, 0.2) is 6.10 Å². The quantitative estimate of drug-likeness (QED) is 0.273. The molecule has 1 aromatic heterocycles. The minimum Gasteiger partial charge on any atom is -0.481 e. The van der Waals surface area contributed by atoms with Gasteiger partial charge in [-0.05, 0) is 43.1 Å². The number of benzene rings is 1. The van der Waals surface area contributed by atoms with E-state index in [0.29, 0.717) is 30.2 Å². The Hall–Kier alpha value is -3.27. The van der Waals surface area contributed by atoms with Crippen molar-refractivity contribution in [3.05, 3.63) is 52.0 Å². The van der Waals surface area contributed by atoms with Crippen molar-refractivity contribution in [2.24, 2.45) is 17.8 Å². The average Bonchev–Trinajstić information content (AvgIpc) is 3.38. The van der Waals surface area contributed by atoms with Gasteiger partial charge in [-0.15, -0.1) is 11.3 Å². The van der Waals surface area contributed by atoms with Crippen molar-refractivity contribution in [2.75, 3.05) is 7.05 Å². The summed E-state index contributed by atoms with van der Waals surface area (Å²) in [6.45, 7) is 7.03. The molecule has 4 atom stereocenters. The fourth-order valence-electron chi connectivity index (χ4n) is 5.19. The van der Waals surface area contributed by atoms with Crippen molar-refractivity contribution in [2.45, 2.75) is 90.8 Å². The number of amides is 2. The number of rotatable bonds is 15. The van der Waals surface area contributed by atoms with Gasteiger partial charge in [-0.2, -0.15) is 0 Å². The number of thiazole rings is 1. The van der Waals surface area contributed by atoms with Crippen molar-refractivity contribution in [3.8, 4) is 0 Å². The Labute approximate surface area is 246 Å². The Balaban J connectivity index is 1.75. The zero-order chi connectivity index (χ0) is 30.1. The summed E-state index contributed by atoms with van der Waals surface area (Å²) in [5, 5.41) is 14.5. The van der Waals surface area contributed by atoms with Crippen LogP contribution in [-0.2, 0) is 25.5 Å². The molecule has 1 aliphatic carbocycles.